The number of amides is 3. The maximum absolute atomic E-state index is 12.6. The molecule has 0 aliphatic carbocycles. The van der Waals surface area contributed by atoms with Gasteiger partial charge in [-0.1, -0.05) is 38.1 Å². The summed E-state index contributed by atoms with van der Waals surface area (Å²) < 4.78 is 43.1. The van der Waals surface area contributed by atoms with Gasteiger partial charge in [-0.25, -0.2) is 14.4 Å². The molecule has 0 radical (unpaired) electrons. The summed E-state index contributed by atoms with van der Waals surface area (Å²) in [7, 11) is 0. The highest BCUT2D eigenvalue weighted by atomic mass is 35.5. The molecule has 2 rings (SSSR count). The van der Waals surface area contributed by atoms with Crippen molar-refractivity contribution in [1.29, 1.82) is 0 Å². The molecule has 2 unspecified atom stereocenters. The number of carbonyl (C=O) groups is 6. The van der Waals surface area contributed by atoms with Crippen molar-refractivity contribution in [3.05, 3.63) is 59.7 Å². The standard InChI is InChI=1S/C42H60ClN3O14/c1-39(2,3)58-36(50)44-21-33(47)55-26-32(57-35(49)23-46-38(52)60-41(7,8)9)25-54-30-18-14-28(15-19-30)42(10,11)27-12-16-29(17-13-27)53-24-31(20-43)56-34(48)22-45-37(51)59-40(4,5)6/h12-19,31-32H,20-26H2,1-11H3,(H,44,50)(H,45,51)(H,46,52). The first-order chi connectivity index (χ1) is 27.7. The second-order valence-corrected chi connectivity index (χ2v) is 17.2. The van der Waals surface area contributed by atoms with Crippen LogP contribution in [0.3, 0.4) is 0 Å². The van der Waals surface area contributed by atoms with Gasteiger partial charge < -0.3 is 53.8 Å². The zero-order valence-electron chi connectivity index (χ0n) is 36.3. The van der Waals surface area contributed by atoms with E-state index in [0.717, 1.165) is 11.1 Å². The van der Waals surface area contributed by atoms with Crippen molar-refractivity contribution >= 4 is 47.8 Å². The molecule has 334 valence electrons. The topological polar surface area (TPSA) is 212 Å². The number of alkyl halides is 1. The summed E-state index contributed by atoms with van der Waals surface area (Å²) in [6.45, 7) is 17.2. The first-order valence-electron chi connectivity index (χ1n) is 19.2. The minimum atomic E-state index is -1.09. The Balaban J connectivity index is 2.00. The van der Waals surface area contributed by atoms with Gasteiger partial charge in [-0.2, -0.15) is 0 Å². The van der Waals surface area contributed by atoms with Crippen molar-refractivity contribution in [3.8, 4) is 11.5 Å². The summed E-state index contributed by atoms with van der Waals surface area (Å²) in [6, 6.07) is 14.6. The third-order valence-electron chi connectivity index (χ3n) is 7.55. The van der Waals surface area contributed by atoms with Crippen LogP contribution in [0.1, 0.15) is 87.3 Å². The average Bonchev–Trinajstić information content (AvgIpc) is 3.13. The lowest BCUT2D eigenvalue weighted by Gasteiger charge is -2.27. The quantitative estimate of drug-likeness (QED) is 0.0847. The molecule has 0 saturated heterocycles. The Hall–Kier alpha value is -5.45. The molecule has 0 fully saturated rings. The second kappa shape index (κ2) is 22.8. The molecule has 0 heterocycles. The van der Waals surface area contributed by atoms with Crippen LogP contribution in [0.25, 0.3) is 0 Å². The van der Waals surface area contributed by atoms with E-state index < -0.39 is 90.3 Å². The molecule has 0 bridgehead atoms. The van der Waals surface area contributed by atoms with E-state index in [4.69, 9.17) is 49.5 Å². The Morgan fingerprint density at radius 2 is 0.833 bits per heavy atom. The van der Waals surface area contributed by atoms with Crippen LogP contribution in [0.2, 0.25) is 0 Å². The number of ether oxygens (including phenoxy) is 8. The third-order valence-corrected chi connectivity index (χ3v) is 7.89. The minimum absolute atomic E-state index is 0.0113. The van der Waals surface area contributed by atoms with Crippen LogP contribution in [0, 0.1) is 0 Å². The summed E-state index contributed by atoms with van der Waals surface area (Å²) in [6.07, 6.45) is -4.22. The molecule has 18 heteroatoms. The second-order valence-electron chi connectivity index (χ2n) is 16.9. The van der Waals surface area contributed by atoms with Crippen LogP contribution in [0.5, 0.6) is 11.5 Å². The number of alkyl carbamates (subject to hydrolysis) is 3. The molecule has 60 heavy (non-hydrogen) atoms. The van der Waals surface area contributed by atoms with E-state index in [1.54, 1.807) is 86.6 Å². The number of carbonyl (C=O) groups excluding carboxylic acids is 6. The zero-order valence-corrected chi connectivity index (χ0v) is 37.1. The van der Waals surface area contributed by atoms with E-state index in [9.17, 15) is 28.8 Å². The lowest BCUT2D eigenvalue weighted by atomic mass is 9.78. The van der Waals surface area contributed by atoms with E-state index in [1.165, 1.54) is 0 Å². The lowest BCUT2D eigenvalue weighted by Crippen LogP contribution is -2.39. The number of benzene rings is 2. The van der Waals surface area contributed by atoms with Crippen molar-refractivity contribution in [1.82, 2.24) is 16.0 Å². The summed E-state index contributed by atoms with van der Waals surface area (Å²) in [5, 5.41) is 6.95. The SMILES string of the molecule is CC(C)(C)OC(=O)NCC(=O)OCC(COc1ccc(C(C)(C)c2ccc(OCC(CCl)OC(=O)CNC(=O)OC(C)(C)C)cc2)cc1)OC(=O)CNC(=O)OC(C)(C)C. The van der Waals surface area contributed by atoms with Crippen molar-refractivity contribution in [2.75, 3.05) is 45.3 Å². The highest BCUT2D eigenvalue weighted by Crippen LogP contribution is 2.33. The summed E-state index contributed by atoms with van der Waals surface area (Å²) >= 11 is 6.00. The molecule has 3 N–H and O–H groups in total. The Kier molecular flexibility index (Phi) is 19.3. The number of halogens is 1. The normalized spacial score (nSPS) is 12.7. The molecule has 0 aliphatic rings. The predicted molar refractivity (Wildman–Crippen MR) is 220 cm³/mol. The van der Waals surface area contributed by atoms with Gasteiger partial charge in [0.05, 0.1) is 5.88 Å². The van der Waals surface area contributed by atoms with Gasteiger partial charge in [-0.05, 0) is 97.7 Å². The molecule has 0 spiro atoms. The van der Waals surface area contributed by atoms with Gasteiger partial charge in [0.15, 0.2) is 6.10 Å². The fourth-order valence-electron chi connectivity index (χ4n) is 4.77. The average molecular weight is 866 g/mol. The van der Waals surface area contributed by atoms with E-state index in [-0.39, 0.29) is 25.6 Å². The van der Waals surface area contributed by atoms with E-state index >= 15 is 0 Å². The molecule has 2 aromatic rings. The van der Waals surface area contributed by atoms with Crippen molar-refractivity contribution in [3.63, 3.8) is 0 Å². The van der Waals surface area contributed by atoms with E-state index in [2.05, 4.69) is 16.0 Å². The third kappa shape index (κ3) is 21.0. The molecule has 2 aromatic carbocycles. The monoisotopic (exact) mass is 865 g/mol. The smallest absolute Gasteiger partial charge is 0.408 e. The first-order valence-corrected chi connectivity index (χ1v) is 19.8. The van der Waals surface area contributed by atoms with Crippen LogP contribution in [0.4, 0.5) is 14.4 Å². The molecule has 2 atom stereocenters. The van der Waals surface area contributed by atoms with Crippen LogP contribution in [0.15, 0.2) is 48.5 Å². The van der Waals surface area contributed by atoms with Crippen molar-refractivity contribution < 1.29 is 66.7 Å². The maximum Gasteiger partial charge on any atom is 0.408 e. The Bertz CT molecular complexity index is 1730. The Labute approximate surface area is 356 Å². The molecule has 17 nitrogen and oxygen atoms in total. The van der Waals surface area contributed by atoms with Crippen molar-refractivity contribution in [2.24, 2.45) is 0 Å². The number of nitrogens with one attached hydrogen (secondary N) is 3. The molecular weight excluding hydrogens is 806 g/mol. The van der Waals surface area contributed by atoms with Gasteiger partial charge in [0.1, 0.15) is 73.9 Å². The summed E-state index contributed by atoms with van der Waals surface area (Å²) in [5.41, 5.74) is -0.810. The largest absolute Gasteiger partial charge is 0.490 e. The van der Waals surface area contributed by atoms with Crippen LogP contribution in [-0.4, -0.2) is 111 Å². The van der Waals surface area contributed by atoms with E-state index in [0.29, 0.717) is 11.5 Å². The maximum atomic E-state index is 12.6. The minimum Gasteiger partial charge on any atom is -0.490 e. The van der Waals surface area contributed by atoms with Crippen LogP contribution >= 0.6 is 11.6 Å². The van der Waals surface area contributed by atoms with Gasteiger partial charge in [0, 0.05) is 5.41 Å². The van der Waals surface area contributed by atoms with Gasteiger partial charge in [-0.3, -0.25) is 14.4 Å². The molecule has 3 amide bonds. The lowest BCUT2D eigenvalue weighted by molar-refractivity contribution is -0.159. The highest BCUT2D eigenvalue weighted by Gasteiger charge is 2.25. The number of hydrogen-bond acceptors (Lipinski definition) is 14. The van der Waals surface area contributed by atoms with Gasteiger partial charge >= 0.3 is 36.2 Å². The first kappa shape index (κ1) is 50.7. The fourth-order valence-corrected chi connectivity index (χ4v) is 4.93. The predicted octanol–water partition coefficient (Wildman–Crippen LogP) is 5.95. The van der Waals surface area contributed by atoms with Gasteiger partial charge in [-0.15, -0.1) is 11.6 Å². The van der Waals surface area contributed by atoms with Gasteiger partial charge in [0.25, 0.3) is 0 Å². The molecular formula is C42H60ClN3O14. The Morgan fingerprint density at radius 1 is 0.500 bits per heavy atom. The summed E-state index contributed by atoms with van der Waals surface area (Å²) in [5.74, 6) is -1.41. The molecule has 0 aromatic heterocycles. The number of esters is 3. The van der Waals surface area contributed by atoms with Gasteiger partial charge in [0.2, 0.25) is 0 Å². The zero-order chi connectivity index (χ0) is 45.3. The molecule has 0 saturated carbocycles. The highest BCUT2D eigenvalue weighted by molar-refractivity contribution is 6.18. The van der Waals surface area contributed by atoms with Crippen molar-refractivity contribution in [2.45, 2.75) is 111 Å². The molecule has 0 aliphatic heterocycles. The number of hydrogen-bond donors (Lipinski definition) is 3. The Morgan fingerprint density at radius 3 is 1.18 bits per heavy atom. The van der Waals surface area contributed by atoms with Crippen LogP contribution in [-0.2, 0) is 48.2 Å². The van der Waals surface area contributed by atoms with Crippen LogP contribution < -0.4 is 25.4 Å². The fraction of sp³-hybridized carbons (Fsp3) is 0.571. The summed E-state index contributed by atoms with van der Waals surface area (Å²) in [4.78, 5) is 73.0. The van der Waals surface area contributed by atoms with E-state index in [1.807, 2.05) is 38.1 Å². The number of rotatable bonds is 19.